The van der Waals surface area contributed by atoms with Crippen molar-refractivity contribution in [1.82, 2.24) is 9.38 Å². The van der Waals surface area contributed by atoms with Gasteiger partial charge in [-0.3, -0.25) is 9.20 Å². The molecule has 0 saturated carbocycles. The monoisotopic (exact) mass is 357 g/mol. The molecule has 2 heterocycles. The van der Waals surface area contributed by atoms with Crippen molar-refractivity contribution in [3.63, 3.8) is 0 Å². The number of nitrogens with one attached hydrogen (secondary N) is 1. The molecule has 22 heavy (non-hydrogen) atoms. The lowest BCUT2D eigenvalue weighted by Crippen LogP contribution is -2.16. The van der Waals surface area contributed by atoms with E-state index in [2.05, 4.69) is 26.2 Å². The number of nitrogens with zero attached hydrogens (tertiary/aromatic N) is 2. The van der Waals surface area contributed by atoms with E-state index in [1.807, 2.05) is 60.8 Å². The summed E-state index contributed by atoms with van der Waals surface area (Å²) in [7, 11) is 0. The molecule has 0 spiro atoms. The van der Waals surface area contributed by atoms with E-state index in [1.165, 1.54) is 0 Å². The standard InChI is InChI=1S/C17H16BrN3O/c1-3-13-16(21-9-5-4-6-15(21)19-13)17(22)20-14-8-7-11(2)10-12(14)18/h4-10H,3H2,1-2H3,(H,20,22). The van der Waals surface area contributed by atoms with E-state index in [9.17, 15) is 4.79 Å². The molecule has 0 radical (unpaired) electrons. The molecule has 1 amide bonds. The van der Waals surface area contributed by atoms with Gasteiger partial charge in [0.2, 0.25) is 0 Å². The number of rotatable bonds is 3. The highest BCUT2D eigenvalue weighted by molar-refractivity contribution is 9.10. The zero-order valence-corrected chi connectivity index (χ0v) is 14.0. The number of carbonyl (C=O) groups excluding carboxylic acids is 1. The van der Waals surface area contributed by atoms with E-state index >= 15 is 0 Å². The Morgan fingerprint density at radius 1 is 1.32 bits per heavy atom. The van der Waals surface area contributed by atoms with Gasteiger partial charge in [-0.05, 0) is 59.1 Å². The van der Waals surface area contributed by atoms with Gasteiger partial charge in [-0.1, -0.05) is 19.1 Å². The van der Waals surface area contributed by atoms with Crippen molar-refractivity contribution in [3.05, 3.63) is 64.0 Å². The lowest BCUT2D eigenvalue weighted by Gasteiger charge is -2.09. The van der Waals surface area contributed by atoms with Gasteiger partial charge in [-0.15, -0.1) is 0 Å². The number of hydrogen-bond donors (Lipinski definition) is 1. The molecular weight excluding hydrogens is 342 g/mol. The van der Waals surface area contributed by atoms with Gasteiger partial charge < -0.3 is 5.32 Å². The van der Waals surface area contributed by atoms with Crippen LogP contribution in [0.5, 0.6) is 0 Å². The van der Waals surface area contributed by atoms with Crippen LogP contribution in [0.4, 0.5) is 5.69 Å². The largest absolute Gasteiger partial charge is 0.320 e. The summed E-state index contributed by atoms with van der Waals surface area (Å²) in [6, 6.07) is 11.6. The molecule has 0 atom stereocenters. The van der Waals surface area contributed by atoms with Gasteiger partial charge in [0.15, 0.2) is 0 Å². The summed E-state index contributed by atoms with van der Waals surface area (Å²) in [5.41, 5.74) is 4.06. The number of halogens is 1. The second-order valence-electron chi connectivity index (χ2n) is 5.13. The summed E-state index contributed by atoms with van der Waals surface area (Å²) < 4.78 is 2.70. The Balaban J connectivity index is 2.01. The highest BCUT2D eigenvalue weighted by Gasteiger charge is 2.18. The smallest absolute Gasteiger partial charge is 0.274 e. The number of hydrogen-bond acceptors (Lipinski definition) is 2. The third-order valence-corrected chi connectivity index (χ3v) is 4.18. The van der Waals surface area contributed by atoms with E-state index in [4.69, 9.17) is 0 Å². The van der Waals surface area contributed by atoms with Crippen LogP contribution >= 0.6 is 15.9 Å². The molecule has 2 aromatic heterocycles. The first-order valence-electron chi connectivity index (χ1n) is 7.13. The molecule has 5 heteroatoms. The lowest BCUT2D eigenvalue weighted by molar-refractivity contribution is 0.102. The first-order valence-corrected chi connectivity index (χ1v) is 7.93. The maximum absolute atomic E-state index is 12.7. The fourth-order valence-electron chi connectivity index (χ4n) is 2.43. The molecule has 4 nitrogen and oxygen atoms in total. The maximum atomic E-state index is 12.7. The molecule has 0 aliphatic heterocycles. The van der Waals surface area contributed by atoms with Gasteiger partial charge in [0, 0.05) is 10.7 Å². The van der Waals surface area contributed by atoms with Crippen LogP contribution in [0, 0.1) is 6.92 Å². The molecule has 0 bridgehead atoms. The molecule has 3 rings (SSSR count). The van der Waals surface area contributed by atoms with Crippen LogP contribution in [0.3, 0.4) is 0 Å². The summed E-state index contributed by atoms with van der Waals surface area (Å²) in [4.78, 5) is 17.2. The van der Waals surface area contributed by atoms with Gasteiger partial charge >= 0.3 is 0 Å². The van der Waals surface area contributed by atoms with Crippen LogP contribution in [0.25, 0.3) is 5.65 Å². The number of benzene rings is 1. The summed E-state index contributed by atoms with van der Waals surface area (Å²) in [5.74, 6) is -0.153. The van der Waals surface area contributed by atoms with Crippen LogP contribution in [-0.4, -0.2) is 15.3 Å². The Morgan fingerprint density at radius 3 is 2.86 bits per heavy atom. The van der Waals surface area contributed by atoms with Crippen molar-refractivity contribution in [1.29, 1.82) is 0 Å². The maximum Gasteiger partial charge on any atom is 0.274 e. The van der Waals surface area contributed by atoms with Crippen molar-refractivity contribution in [2.45, 2.75) is 20.3 Å². The molecule has 112 valence electrons. The first-order chi connectivity index (χ1) is 10.6. The minimum absolute atomic E-state index is 0.153. The van der Waals surface area contributed by atoms with Crippen LogP contribution in [0.15, 0.2) is 47.1 Å². The van der Waals surface area contributed by atoms with Crippen LogP contribution in [0.1, 0.15) is 28.7 Å². The predicted octanol–water partition coefficient (Wildman–Crippen LogP) is 4.22. The second kappa shape index (κ2) is 5.93. The summed E-state index contributed by atoms with van der Waals surface area (Å²) in [6.07, 6.45) is 2.57. The molecule has 1 N–H and O–H groups in total. The Bertz CT molecular complexity index is 854. The zero-order chi connectivity index (χ0) is 15.7. The van der Waals surface area contributed by atoms with Gasteiger partial charge in [-0.2, -0.15) is 0 Å². The number of imidazole rings is 1. The summed E-state index contributed by atoms with van der Waals surface area (Å²) in [5, 5.41) is 2.96. The van der Waals surface area contributed by atoms with Crippen LogP contribution < -0.4 is 5.32 Å². The van der Waals surface area contributed by atoms with E-state index in [1.54, 1.807) is 0 Å². The molecular formula is C17H16BrN3O. The van der Waals surface area contributed by atoms with Crippen molar-refractivity contribution >= 4 is 33.2 Å². The molecule has 3 aromatic rings. The Kier molecular flexibility index (Phi) is 3.98. The van der Waals surface area contributed by atoms with Gasteiger partial charge in [0.1, 0.15) is 11.3 Å². The third kappa shape index (κ3) is 2.64. The average Bonchev–Trinajstić information content (AvgIpc) is 2.88. The summed E-state index contributed by atoms with van der Waals surface area (Å²) in [6.45, 7) is 4.01. The average molecular weight is 358 g/mol. The second-order valence-corrected chi connectivity index (χ2v) is 5.98. The fraction of sp³-hybridized carbons (Fsp3) is 0.176. The first kappa shape index (κ1) is 14.8. The minimum atomic E-state index is -0.153. The lowest BCUT2D eigenvalue weighted by atomic mass is 10.2. The number of aromatic nitrogens is 2. The highest BCUT2D eigenvalue weighted by atomic mass is 79.9. The predicted molar refractivity (Wildman–Crippen MR) is 91.4 cm³/mol. The van der Waals surface area contributed by atoms with Crippen molar-refractivity contribution < 1.29 is 4.79 Å². The number of pyridine rings is 1. The quantitative estimate of drug-likeness (QED) is 0.762. The van der Waals surface area contributed by atoms with E-state index in [0.29, 0.717) is 12.1 Å². The number of amides is 1. The molecule has 0 unspecified atom stereocenters. The van der Waals surface area contributed by atoms with E-state index in [-0.39, 0.29) is 5.91 Å². The third-order valence-electron chi connectivity index (χ3n) is 3.52. The van der Waals surface area contributed by atoms with Crippen LogP contribution in [-0.2, 0) is 6.42 Å². The molecule has 0 saturated heterocycles. The highest BCUT2D eigenvalue weighted by Crippen LogP contribution is 2.24. The number of aryl methyl sites for hydroxylation is 2. The topological polar surface area (TPSA) is 46.4 Å². The molecule has 0 aliphatic rings. The number of fused-ring (bicyclic) bond motifs is 1. The molecule has 0 aliphatic carbocycles. The van der Waals surface area contributed by atoms with Gasteiger partial charge in [0.25, 0.3) is 5.91 Å². The Hall–Kier alpha value is -2.14. The zero-order valence-electron chi connectivity index (χ0n) is 12.4. The minimum Gasteiger partial charge on any atom is -0.320 e. The SMILES string of the molecule is CCc1nc2ccccn2c1C(=O)Nc1ccc(C)cc1Br. The molecule has 0 fully saturated rings. The van der Waals surface area contributed by atoms with Crippen molar-refractivity contribution in [3.8, 4) is 0 Å². The van der Waals surface area contributed by atoms with Crippen molar-refractivity contribution in [2.75, 3.05) is 5.32 Å². The Labute approximate surface area is 137 Å². The number of carbonyl (C=O) groups is 1. The normalized spacial score (nSPS) is 10.9. The summed E-state index contributed by atoms with van der Waals surface area (Å²) >= 11 is 3.49. The van der Waals surface area contributed by atoms with Gasteiger partial charge in [0.05, 0.1) is 11.4 Å². The van der Waals surface area contributed by atoms with Crippen LogP contribution in [0.2, 0.25) is 0 Å². The van der Waals surface area contributed by atoms with E-state index in [0.717, 1.165) is 27.1 Å². The van der Waals surface area contributed by atoms with E-state index < -0.39 is 0 Å². The van der Waals surface area contributed by atoms with Gasteiger partial charge in [-0.25, -0.2) is 4.98 Å². The van der Waals surface area contributed by atoms with Crippen molar-refractivity contribution in [2.24, 2.45) is 0 Å². The Morgan fingerprint density at radius 2 is 2.14 bits per heavy atom. The number of anilines is 1. The molecule has 1 aromatic carbocycles. The fourth-order valence-corrected chi connectivity index (χ4v) is 3.03.